The van der Waals surface area contributed by atoms with E-state index in [-0.39, 0.29) is 18.5 Å². The number of nitro benzene ring substituents is 1. The highest BCUT2D eigenvalue weighted by Crippen LogP contribution is 2.28. The summed E-state index contributed by atoms with van der Waals surface area (Å²) in [6, 6.07) is 9.94. The lowest BCUT2D eigenvalue weighted by molar-refractivity contribution is -0.384. The minimum absolute atomic E-state index is 0.0268. The number of nitro groups is 1. The average molecular weight is 370 g/mol. The number of non-ortho nitro benzene ring substituents is 1. The highest BCUT2D eigenvalue weighted by Gasteiger charge is 2.24. The highest BCUT2D eigenvalue weighted by molar-refractivity contribution is 5.84. The van der Waals surface area contributed by atoms with Gasteiger partial charge in [-0.25, -0.2) is 4.79 Å². The number of nitrogens with one attached hydrogen (secondary N) is 1. The molecule has 0 bridgehead atoms. The van der Waals surface area contributed by atoms with Crippen LogP contribution in [-0.2, 0) is 22.4 Å². The molecule has 0 saturated heterocycles. The van der Waals surface area contributed by atoms with E-state index in [1.165, 1.54) is 12.1 Å². The van der Waals surface area contributed by atoms with E-state index in [1.807, 2.05) is 0 Å². The van der Waals surface area contributed by atoms with Gasteiger partial charge in [-0.2, -0.15) is 0 Å². The molecule has 1 unspecified atom stereocenters. The van der Waals surface area contributed by atoms with Crippen molar-refractivity contribution in [2.45, 2.75) is 25.3 Å². The van der Waals surface area contributed by atoms with E-state index in [0.29, 0.717) is 24.2 Å². The SMILES string of the molecule is O=C(CCc1cccc([N+](=O)[O-])c1)NC(C(=O)O)c1ccc2c(c1)CCO2. The van der Waals surface area contributed by atoms with E-state index in [0.717, 1.165) is 11.3 Å². The fourth-order valence-electron chi connectivity index (χ4n) is 2.99. The average Bonchev–Trinajstić information content (AvgIpc) is 3.12. The van der Waals surface area contributed by atoms with Crippen LogP contribution in [0.1, 0.15) is 29.2 Å². The van der Waals surface area contributed by atoms with Crippen molar-refractivity contribution in [2.24, 2.45) is 0 Å². The van der Waals surface area contributed by atoms with Gasteiger partial charge >= 0.3 is 5.97 Å². The second-order valence-electron chi connectivity index (χ2n) is 6.23. The molecule has 3 rings (SSSR count). The highest BCUT2D eigenvalue weighted by atomic mass is 16.6. The first-order valence-electron chi connectivity index (χ1n) is 8.45. The van der Waals surface area contributed by atoms with Crippen LogP contribution in [0.4, 0.5) is 5.69 Å². The Labute approximate surface area is 154 Å². The standard InChI is InChI=1S/C19H18N2O6/c22-17(7-4-12-2-1-3-15(10-12)21(25)26)20-18(19(23)24)14-5-6-16-13(11-14)8-9-27-16/h1-3,5-6,10-11,18H,4,7-9H2,(H,20,22)(H,23,24). The van der Waals surface area contributed by atoms with Crippen molar-refractivity contribution in [1.82, 2.24) is 5.32 Å². The Balaban J connectivity index is 1.65. The molecule has 27 heavy (non-hydrogen) atoms. The minimum atomic E-state index is -1.16. The van der Waals surface area contributed by atoms with Crippen LogP contribution in [0.15, 0.2) is 42.5 Å². The molecule has 0 aliphatic carbocycles. The number of amides is 1. The summed E-state index contributed by atoms with van der Waals surface area (Å²) in [5, 5.41) is 22.8. The summed E-state index contributed by atoms with van der Waals surface area (Å²) in [7, 11) is 0. The van der Waals surface area contributed by atoms with Gasteiger partial charge < -0.3 is 15.2 Å². The molecule has 2 aromatic rings. The summed E-state index contributed by atoms with van der Waals surface area (Å²) in [4.78, 5) is 34.1. The number of fused-ring (bicyclic) bond motifs is 1. The van der Waals surface area contributed by atoms with Crippen LogP contribution in [0.3, 0.4) is 0 Å². The first-order chi connectivity index (χ1) is 12.9. The second-order valence-corrected chi connectivity index (χ2v) is 6.23. The summed E-state index contributed by atoms with van der Waals surface area (Å²) in [5.74, 6) is -0.858. The zero-order valence-electron chi connectivity index (χ0n) is 14.4. The molecule has 8 heteroatoms. The Hall–Kier alpha value is -3.42. The Kier molecular flexibility index (Phi) is 5.35. The van der Waals surface area contributed by atoms with E-state index >= 15 is 0 Å². The van der Waals surface area contributed by atoms with E-state index < -0.39 is 22.8 Å². The maximum absolute atomic E-state index is 12.2. The zero-order valence-corrected chi connectivity index (χ0v) is 14.4. The lowest BCUT2D eigenvalue weighted by atomic mass is 10.0. The van der Waals surface area contributed by atoms with Gasteiger partial charge in [-0.05, 0) is 35.2 Å². The smallest absolute Gasteiger partial charge is 0.330 e. The molecule has 1 atom stereocenters. The number of hydrogen-bond acceptors (Lipinski definition) is 5. The van der Waals surface area contributed by atoms with Crippen molar-refractivity contribution >= 4 is 17.6 Å². The third-order valence-corrected chi connectivity index (χ3v) is 4.36. The molecule has 1 heterocycles. The van der Waals surface area contributed by atoms with Crippen molar-refractivity contribution in [3.05, 3.63) is 69.3 Å². The van der Waals surface area contributed by atoms with Crippen LogP contribution >= 0.6 is 0 Å². The number of nitrogens with zero attached hydrogens (tertiary/aromatic N) is 1. The Morgan fingerprint density at radius 3 is 2.81 bits per heavy atom. The Bertz CT molecular complexity index is 896. The number of rotatable bonds is 7. The van der Waals surface area contributed by atoms with E-state index in [4.69, 9.17) is 4.74 Å². The number of carbonyl (C=O) groups is 2. The van der Waals surface area contributed by atoms with Crippen LogP contribution in [-0.4, -0.2) is 28.5 Å². The van der Waals surface area contributed by atoms with Gasteiger partial charge in [0.25, 0.3) is 5.69 Å². The van der Waals surface area contributed by atoms with E-state index in [1.54, 1.807) is 30.3 Å². The normalized spacial score (nSPS) is 13.3. The molecule has 1 aliphatic heterocycles. The summed E-state index contributed by atoms with van der Waals surface area (Å²) >= 11 is 0. The van der Waals surface area contributed by atoms with Gasteiger partial charge in [0.15, 0.2) is 6.04 Å². The fourth-order valence-corrected chi connectivity index (χ4v) is 2.99. The summed E-state index contributed by atoms with van der Waals surface area (Å²) in [5.41, 5.74) is 2.00. The number of carboxylic acids is 1. The van der Waals surface area contributed by atoms with Gasteiger partial charge in [-0.3, -0.25) is 14.9 Å². The molecule has 0 spiro atoms. The summed E-state index contributed by atoms with van der Waals surface area (Å²) in [6.07, 6.45) is 1.01. The molecule has 2 N–H and O–H groups in total. The third kappa shape index (κ3) is 4.41. The Morgan fingerprint density at radius 2 is 2.07 bits per heavy atom. The van der Waals surface area contributed by atoms with Crippen LogP contribution in [0.25, 0.3) is 0 Å². The molecule has 140 valence electrons. The van der Waals surface area contributed by atoms with Gasteiger partial charge in [-0.15, -0.1) is 0 Å². The molecule has 8 nitrogen and oxygen atoms in total. The number of benzene rings is 2. The largest absolute Gasteiger partial charge is 0.493 e. The molecular weight excluding hydrogens is 352 g/mol. The van der Waals surface area contributed by atoms with E-state index in [9.17, 15) is 24.8 Å². The van der Waals surface area contributed by atoms with Crippen molar-refractivity contribution in [2.75, 3.05) is 6.61 Å². The van der Waals surface area contributed by atoms with Crippen LogP contribution in [0, 0.1) is 10.1 Å². The van der Waals surface area contributed by atoms with Crippen molar-refractivity contribution < 1.29 is 24.4 Å². The minimum Gasteiger partial charge on any atom is -0.493 e. The monoisotopic (exact) mass is 370 g/mol. The van der Waals surface area contributed by atoms with Gasteiger partial charge in [0.1, 0.15) is 5.75 Å². The van der Waals surface area contributed by atoms with Gasteiger partial charge in [0.05, 0.1) is 11.5 Å². The number of hydrogen-bond donors (Lipinski definition) is 2. The van der Waals surface area contributed by atoms with Gasteiger partial charge in [0, 0.05) is 25.0 Å². The van der Waals surface area contributed by atoms with Crippen LogP contribution < -0.4 is 10.1 Å². The predicted molar refractivity (Wildman–Crippen MR) is 95.6 cm³/mol. The third-order valence-electron chi connectivity index (χ3n) is 4.36. The lowest BCUT2D eigenvalue weighted by Crippen LogP contribution is -2.33. The molecule has 0 aromatic heterocycles. The first kappa shape index (κ1) is 18.4. The van der Waals surface area contributed by atoms with Crippen LogP contribution in [0.5, 0.6) is 5.75 Å². The lowest BCUT2D eigenvalue weighted by Gasteiger charge is -2.16. The fraction of sp³-hybridized carbons (Fsp3) is 0.263. The topological polar surface area (TPSA) is 119 Å². The summed E-state index contributed by atoms with van der Waals surface area (Å²) < 4.78 is 5.41. The van der Waals surface area contributed by atoms with E-state index in [2.05, 4.69) is 5.32 Å². The number of carbonyl (C=O) groups excluding carboxylic acids is 1. The number of aryl methyl sites for hydroxylation is 1. The number of ether oxygens (including phenoxy) is 1. The maximum atomic E-state index is 12.2. The molecule has 2 aromatic carbocycles. The van der Waals surface area contributed by atoms with Crippen molar-refractivity contribution in [3.63, 3.8) is 0 Å². The van der Waals surface area contributed by atoms with Gasteiger partial charge in [-0.1, -0.05) is 18.2 Å². The molecule has 0 fully saturated rings. The zero-order chi connectivity index (χ0) is 19.4. The molecule has 0 radical (unpaired) electrons. The number of aliphatic carboxylic acids is 1. The van der Waals surface area contributed by atoms with Gasteiger partial charge in [0.2, 0.25) is 5.91 Å². The first-order valence-corrected chi connectivity index (χ1v) is 8.45. The van der Waals surface area contributed by atoms with Crippen molar-refractivity contribution in [1.29, 1.82) is 0 Å². The maximum Gasteiger partial charge on any atom is 0.330 e. The van der Waals surface area contributed by atoms with Crippen molar-refractivity contribution in [3.8, 4) is 5.75 Å². The number of carboxylic acid groups (broad SMARTS) is 1. The molecular formula is C19H18N2O6. The second kappa shape index (κ2) is 7.86. The summed E-state index contributed by atoms with van der Waals surface area (Å²) in [6.45, 7) is 0.562. The quantitative estimate of drug-likeness (QED) is 0.571. The molecule has 1 amide bonds. The molecule has 0 saturated carbocycles. The van der Waals surface area contributed by atoms with Crippen LogP contribution in [0.2, 0.25) is 0 Å². The Morgan fingerprint density at radius 1 is 1.26 bits per heavy atom. The molecule has 1 aliphatic rings. The predicted octanol–water partition coefficient (Wildman–Crippen LogP) is 2.40.